The molecule has 0 atom stereocenters. The molecule has 0 amide bonds. The van der Waals surface area contributed by atoms with Crippen molar-refractivity contribution in [3.63, 3.8) is 0 Å². The van der Waals surface area contributed by atoms with Gasteiger partial charge in [-0.1, -0.05) is 26.0 Å². The lowest BCUT2D eigenvalue weighted by atomic mass is 9.96. The predicted molar refractivity (Wildman–Crippen MR) is 169 cm³/mol. The SMILES string of the molecule is CCOc1cc(C)c(-c2nc3ccccc3c(=O)n2N=Cc2cc(I)c(OCC(=O)O)c(I)c2)cc1C(C)C. The van der Waals surface area contributed by atoms with Crippen molar-refractivity contribution >= 4 is 68.3 Å². The maximum absolute atomic E-state index is 13.7. The molecule has 0 unspecified atom stereocenters. The summed E-state index contributed by atoms with van der Waals surface area (Å²) in [7, 11) is 0. The van der Waals surface area contributed by atoms with Crippen molar-refractivity contribution in [1.82, 2.24) is 9.66 Å². The molecule has 3 aromatic carbocycles. The highest BCUT2D eigenvalue weighted by Gasteiger charge is 2.19. The largest absolute Gasteiger partial charge is 0.494 e. The first-order valence-electron chi connectivity index (χ1n) is 12.3. The van der Waals surface area contributed by atoms with Gasteiger partial charge in [0, 0.05) is 5.56 Å². The third-order valence-electron chi connectivity index (χ3n) is 5.96. The Morgan fingerprint density at radius 1 is 1.13 bits per heavy atom. The second kappa shape index (κ2) is 12.5. The molecule has 0 fully saturated rings. The van der Waals surface area contributed by atoms with Gasteiger partial charge in [-0.05, 0) is 118 Å². The van der Waals surface area contributed by atoms with Gasteiger partial charge in [0.2, 0.25) is 0 Å². The number of carboxylic acid groups (broad SMARTS) is 1. The van der Waals surface area contributed by atoms with Gasteiger partial charge < -0.3 is 14.6 Å². The molecule has 0 spiro atoms. The van der Waals surface area contributed by atoms with Crippen LogP contribution in [0.4, 0.5) is 0 Å². The summed E-state index contributed by atoms with van der Waals surface area (Å²) in [4.78, 5) is 29.5. The van der Waals surface area contributed by atoms with E-state index in [1.54, 1.807) is 18.3 Å². The summed E-state index contributed by atoms with van der Waals surface area (Å²) in [6.45, 7) is 8.25. The highest BCUT2D eigenvalue weighted by molar-refractivity contribution is 14.1. The van der Waals surface area contributed by atoms with E-state index in [2.05, 4.69) is 64.1 Å². The number of hydrogen-bond acceptors (Lipinski definition) is 6. The number of ether oxygens (including phenoxy) is 2. The Bertz CT molecular complexity index is 1620. The zero-order chi connectivity index (χ0) is 28.3. The molecular weight excluding hydrogens is 724 g/mol. The smallest absolute Gasteiger partial charge is 0.341 e. The Labute approximate surface area is 253 Å². The molecule has 0 aliphatic carbocycles. The van der Waals surface area contributed by atoms with Crippen LogP contribution < -0.4 is 15.0 Å². The van der Waals surface area contributed by atoms with Crippen LogP contribution in [0.15, 0.2) is 58.4 Å². The summed E-state index contributed by atoms with van der Waals surface area (Å²) < 4.78 is 14.1. The lowest BCUT2D eigenvalue weighted by molar-refractivity contribution is -0.139. The molecule has 1 aromatic heterocycles. The number of carbonyl (C=O) groups is 1. The topological polar surface area (TPSA) is 103 Å². The molecule has 0 saturated carbocycles. The second-order valence-electron chi connectivity index (χ2n) is 9.10. The van der Waals surface area contributed by atoms with Crippen LogP contribution in [0.1, 0.15) is 43.4 Å². The van der Waals surface area contributed by atoms with Crippen LogP contribution in [0.5, 0.6) is 11.5 Å². The highest BCUT2D eigenvalue weighted by Crippen LogP contribution is 2.34. The minimum Gasteiger partial charge on any atom is -0.494 e. The number of rotatable bonds is 9. The summed E-state index contributed by atoms with van der Waals surface area (Å²) in [6.07, 6.45) is 1.60. The van der Waals surface area contributed by atoms with E-state index in [-0.39, 0.29) is 11.5 Å². The Morgan fingerprint density at radius 2 is 1.82 bits per heavy atom. The quantitative estimate of drug-likeness (QED) is 0.156. The number of carboxylic acids is 1. The van der Waals surface area contributed by atoms with Gasteiger partial charge in [0.25, 0.3) is 5.56 Å². The normalized spacial score (nSPS) is 11.5. The molecule has 4 aromatic rings. The van der Waals surface area contributed by atoms with Crippen molar-refractivity contribution in [2.24, 2.45) is 5.10 Å². The van der Waals surface area contributed by atoms with Crippen molar-refractivity contribution in [2.45, 2.75) is 33.6 Å². The van der Waals surface area contributed by atoms with E-state index in [0.717, 1.165) is 35.1 Å². The fourth-order valence-electron chi connectivity index (χ4n) is 4.13. The molecule has 8 nitrogen and oxygen atoms in total. The highest BCUT2D eigenvalue weighted by atomic mass is 127. The van der Waals surface area contributed by atoms with Crippen molar-refractivity contribution in [3.05, 3.63) is 82.7 Å². The molecule has 4 rings (SSSR count). The average Bonchev–Trinajstić information content (AvgIpc) is 2.87. The molecule has 1 N–H and O–H groups in total. The summed E-state index contributed by atoms with van der Waals surface area (Å²) in [5, 5.41) is 14.0. The number of aliphatic carboxylic acids is 1. The Hall–Kier alpha value is -3.00. The third kappa shape index (κ3) is 6.43. The molecule has 0 bridgehead atoms. The number of benzene rings is 3. The summed E-state index contributed by atoms with van der Waals surface area (Å²) in [6, 6.07) is 14.9. The Morgan fingerprint density at radius 3 is 2.46 bits per heavy atom. The van der Waals surface area contributed by atoms with Crippen LogP contribution in [0.3, 0.4) is 0 Å². The molecule has 1 heterocycles. The van der Waals surface area contributed by atoms with Gasteiger partial charge in [-0.15, -0.1) is 0 Å². The van der Waals surface area contributed by atoms with Crippen molar-refractivity contribution < 1.29 is 19.4 Å². The molecule has 0 saturated heterocycles. The first-order chi connectivity index (χ1) is 18.6. The van der Waals surface area contributed by atoms with Gasteiger partial charge in [-0.3, -0.25) is 4.79 Å². The van der Waals surface area contributed by atoms with Gasteiger partial charge in [0.15, 0.2) is 12.4 Å². The van der Waals surface area contributed by atoms with Crippen molar-refractivity contribution in [1.29, 1.82) is 0 Å². The first-order valence-corrected chi connectivity index (χ1v) is 14.4. The molecule has 202 valence electrons. The summed E-state index contributed by atoms with van der Waals surface area (Å²) in [5.74, 6) is 0.894. The lowest BCUT2D eigenvalue weighted by Gasteiger charge is -2.18. The van der Waals surface area contributed by atoms with Gasteiger partial charge in [-0.2, -0.15) is 9.78 Å². The number of aryl methyl sites for hydroxylation is 1. The van der Waals surface area contributed by atoms with E-state index in [4.69, 9.17) is 19.6 Å². The van der Waals surface area contributed by atoms with Gasteiger partial charge >= 0.3 is 5.97 Å². The van der Waals surface area contributed by atoms with Crippen LogP contribution in [-0.2, 0) is 4.79 Å². The molecule has 0 aliphatic heterocycles. The number of nitrogens with zero attached hydrogens (tertiary/aromatic N) is 3. The lowest BCUT2D eigenvalue weighted by Crippen LogP contribution is -2.21. The maximum Gasteiger partial charge on any atom is 0.341 e. The zero-order valence-corrected chi connectivity index (χ0v) is 26.2. The van der Waals surface area contributed by atoms with E-state index < -0.39 is 12.6 Å². The predicted octanol–water partition coefficient (Wildman–Crippen LogP) is 6.45. The van der Waals surface area contributed by atoms with Crippen molar-refractivity contribution in [3.8, 4) is 22.9 Å². The van der Waals surface area contributed by atoms with Crippen molar-refractivity contribution in [2.75, 3.05) is 13.2 Å². The van der Waals surface area contributed by atoms with E-state index >= 15 is 0 Å². The minimum atomic E-state index is -1.05. The zero-order valence-electron chi connectivity index (χ0n) is 21.9. The molecule has 0 aliphatic rings. The third-order valence-corrected chi connectivity index (χ3v) is 7.56. The monoisotopic (exact) mass is 751 g/mol. The average molecular weight is 751 g/mol. The fourth-order valence-corrected chi connectivity index (χ4v) is 6.25. The van der Waals surface area contributed by atoms with Gasteiger partial charge in [-0.25, -0.2) is 9.78 Å². The van der Waals surface area contributed by atoms with Crippen LogP contribution >= 0.6 is 45.2 Å². The van der Waals surface area contributed by atoms with Gasteiger partial charge in [0.1, 0.15) is 11.5 Å². The summed E-state index contributed by atoms with van der Waals surface area (Å²) >= 11 is 4.19. The number of fused-ring (bicyclic) bond motifs is 1. The van der Waals surface area contributed by atoms with E-state index in [1.165, 1.54) is 4.68 Å². The van der Waals surface area contributed by atoms with E-state index in [0.29, 0.717) is 29.1 Å². The number of aromatic nitrogens is 2. The van der Waals surface area contributed by atoms with Crippen LogP contribution in [0.2, 0.25) is 0 Å². The maximum atomic E-state index is 13.7. The number of hydrogen-bond donors (Lipinski definition) is 1. The molecule has 0 radical (unpaired) electrons. The number of para-hydroxylation sites is 1. The van der Waals surface area contributed by atoms with Crippen LogP contribution in [-0.4, -0.2) is 40.2 Å². The van der Waals surface area contributed by atoms with Crippen LogP contribution in [0, 0.1) is 14.1 Å². The van der Waals surface area contributed by atoms with E-state index in [9.17, 15) is 9.59 Å². The molecule has 10 heteroatoms. The minimum absolute atomic E-state index is 0.195. The second-order valence-corrected chi connectivity index (χ2v) is 11.4. The van der Waals surface area contributed by atoms with Gasteiger partial charge in [0.05, 0.1) is 30.9 Å². The van der Waals surface area contributed by atoms with E-state index in [1.807, 2.05) is 50.2 Å². The number of halogens is 2. The summed E-state index contributed by atoms with van der Waals surface area (Å²) in [5.41, 5.74) is 3.77. The van der Waals surface area contributed by atoms with Crippen LogP contribution in [0.25, 0.3) is 22.3 Å². The Kier molecular flexibility index (Phi) is 9.26. The standard InChI is InChI=1S/C29H27I2N3O5/c1-5-38-25-10-17(4)21(13-20(25)16(2)3)28-33-24-9-7-6-8-19(24)29(37)34(28)32-14-18-11-22(30)27(23(31)12-18)39-15-26(35)36/h6-14,16H,5,15H2,1-4H3,(H,35,36). The molecular formula is C29H27I2N3O5. The Balaban J connectivity index is 1.88. The molecule has 39 heavy (non-hydrogen) atoms. The first kappa shape index (κ1) is 29.0. The fraction of sp³-hybridized carbons (Fsp3) is 0.241.